The number of nitrogens with two attached hydrogens (primary N) is 1. The molecule has 7 heteroatoms. The van der Waals surface area contributed by atoms with Crippen LogP contribution in [0.25, 0.3) is 10.9 Å². The molecule has 1 aromatic heterocycles. The van der Waals surface area contributed by atoms with Crippen LogP contribution in [-0.2, 0) is 4.79 Å². The summed E-state index contributed by atoms with van der Waals surface area (Å²) < 4.78 is 35.6. The second-order valence-corrected chi connectivity index (χ2v) is 7.87. The van der Waals surface area contributed by atoms with E-state index in [1.807, 2.05) is 6.07 Å². The van der Waals surface area contributed by atoms with Crippen molar-refractivity contribution < 1.29 is 18.3 Å². The third kappa shape index (κ3) is 3.78. The maximum atomic E-state index is 15.5. The molecule has 1 unspecified atom stereocenters. The van der Waals surface area contributed by atoms with E-state index in [0.29, 0.717) is 42.5 Å². The first-order valence-electron chi connectivity index (χ1n) is 9.92. The van der Waals surface area contributed by atoms with Gasteiger partial charge in [-0.25, -0.2) is 8.78 Å². The third-order valence-corrected chi connectivity index (χ3v) is 5.93. The van der Waals surface area contributed by atoms with E-state index >= 15 is 4.39 Å². The quantitative estimate of drug-likeness (QED) is 0.809. The summed E-state index contributed by atoms with van der Waals surface area (Å²) in [5.41, 5.74) is 4.25. The number of fused-ring (bicyclic) bond motifs is 1. The van der Waals surface area contributed by atoms with Crippen LogP contribution in [0.1, 0.15) is 37.7 Å². The average molecular weight is 409 g/mol. The summed E-state index contributed by atoms with van der Waals surface area (Å²) in [5, 5.41) is 10.0. The van der Waals surface area contributed by atoms with Gasteiger partial charge in [-0.1, -0.05) is 6.07 Å². The van der Waals surface area contributed by atoms with Crippen LogP contribution in [0.3, 0.4) is 0 Å². The molecule has 154 valence electrons. The van der Waals surface area contributed by atoms with Crippen molar-refractivity contribution in [3.05, 3.63) is 59.6 Å². The maximum Gasteiger partial charge on any atom is 0.248 e. The molecule has 1 fully saturated rings. The molecule has 0 bridgehead atoms. The first-order valence-corrected chi connectivity index (χ1v) is 9.92. The number of rotatable bonds is 4. The fourth-order valence-electron chi connectivity index (χ4n) is 4.42. The van der Waals surface area contributed by atoms with Crippen LogP contribution >= 0.6 is 0 Å². The van der Waals surface area contributed by atoms with E-state index < -0.39 is 23.3 Å². The Balaban J connectivity index is 1.47. The number of primary amides is 1. The number of amides is 1. The van der Waals surface area contributed by atoms with E-state index in [2.05, 4.69) is 11.1 Å². The molecule has 0 saturated heterocycles. The summed E-state index contributed by atoms with van der Waals surface area (Å²) in [6.07, 6.45) is 5.52. The summed E-state index contributed by atoms with van der Waals surface area (Å²) in [6, 6.07) is 9.23. The molecule has 1 amide bonds. The molecular formula is C23H21F2N3O2. The number of carbonyl (C=O) groups is 1. The Labute approximate surface area is 172 Å². The number of para-hydroxylation sites is 1. The molecule has 2 aliphatic rings. The van der Waals surface area contributed by atoms with Gasteiger partial charge in [0, 0.05) is 23.6 Å². The molecule has 5 nitrogen and oxygen atoms in total. The number of allylic oxidation sites excluding steroid dienone is 2. The summed E-state index contributed by atoms with van der Waals surface area (Å²) >= 11 is 0. The number of hydrogen-bond acceptors (Lipinski definition) is 4. The SMILES string of the molecule is N#Cc1cccc2c(OC3CCC(C4(F)C=C(C(N)=O)C=C(F)C4)CC3)ccnc12. The zero-order valence-corrected chi connectivity index (χ0v) is 16.3. The number of alkyl halides is 1. The molecule has 1 saturated carbocycles. The maximum absolute atomic E-state index is 15.5. The summed E-state index contributed by atoms with van der Waals surface area (Å²) in [4.78, 5) is 15.7. The molecule has 4 rings (SSSR count). The van der Waals surface area contributed by atoms with Gasteiger partial charge in [-0.2, -0.15) is 5.26 Å². The number of ether oxygens (including phenoxy) is 1. The van der Waals surface area contributed by atoms with Crippen molar-refractivity contribution in [1.82, 2.24) is 4.98 Å². The average Bonchev–Trinajstić information content (AvgIpc) is 2.73. The molecule has 0 radical (unpaired) electrons. The van der Waals surface area contributed by atoms with Crippen LogP contribution in [0, 0.1) is 17.2 Å². The Morgan fingerprint density at radius 2 is 2.03 bits per heavy atom. The number of nitrogens with zero attached hydrogens (tertiary/aromatic N) is 2. The number of benzene rings is 1. The first kappa shape index (κ1) is 20.0. The lowest BCUT2D eigenvalue weighted by Gasteiger charge is -2.38. The smallest absolute Gasteiger partial charge is 0.248 e. The van der Waals surface area contributed by atoms with Gasteiger partial charge in [0.15, 0.2) is 0 Å². The van der Waals surface area contributed by atoms with Crippen molar-refractivity contribution in [3.63, 3.8) is 0 Å². The van der Waals surface area contributed by atoms with Crippen molar-refractivity contribution >= 4 is 16.8 Å². The molecule has 0 aliphatic heterocycles. The van der Waals surface area contributed by atoms with E-state index in [9.17, 15) is 14.4 Å². The minimum absolute atomic E-state index is 0.115. The second kappa shape index (κ2) is 7.86. The highest BCUT2D eigenvalue weighted by atomic mass is 19.1. The Bertz CT molecular complexity index is 1100. The lowest BCUT2D eigenvalue weighted by molar-refractivity contribution is -0.114. The minimum atomic E-state index is -1.92. The van der Waals surface area contributed by atoms with Gasteiger partial charge >= 0.3 is 0 Å². The highest BCUT2D eigenvalue weighted by Crippen LogP contribution is 2.44. The minimum Gasteiger partial charge on any atom is -0.490 e. The lowest BCUT2D eigenvalue weighted by atomic mass is 9.73. The van der Waals surface area contributed by atoms with E-state index in [1.165, 1.54) is 6.08 Å². The van der Waals surface area contributed by atoms with Crippen LogP contribution in [0.5, 0.6) is 5.75 Å². The fraction of sp³-hybridized carbons (Fsp3) is 0.348. The van der Waals surface area contributed by atoms with Gasteiger partial charge < -0.3 is 10.5 Å². The van der Waals surface area contributed by atoms with Gasteiger partial charge in [0.2, 0.25) is 5.91 Å². The topological polar surface area (TPSA) is 89.0 Å². The van der Waals surface area contributed by atoms with Gasteiger partial charge in [-0.15, -0.1) is 0 Å². The monoisotopic (exact) mass is 409 g/mol. The number of aromatic nitrogens is 1. The Kier molecular flexibility index (Phi) is 5.25. The molecule has 0 spiro atoms. The molecule has 1 heterocycles. The second-order valence-electron chi connectivity index (χ2n) is 7.87. The van der Waals surface area contributed by atoms with Crippen molar-refractivity contribution in [3.8, 4) is 11.8 Å². The summed E-state index contributed by atoms with van der Waals surface area (Å²) in [6.45, 7) is 0. The van der Waals surface area contributed by atoms with Gasteiger partial charge in [-0.3, -0.25) is 9.78 Å². The fourth-order valence-corrected chi connectivity index (χ4v) is 4.42. The Hall–Kier alpha value is -3.27. The predicted octanol–water partition coefficient (Wildman–Crippen LogP) is 4.42. The standard InChI is InChI=1S/C23H21F2N3O2/c24-17-10-15(22(27)29)11-23(25,12-17)16-4-6-18(7-5-16)30-20-8-9-28-21-14(13-26)2-1-3-19(20)21/h1-3,8-11,16,18H,4-7,12H2,(H2,27,29). The molecular weight excluding hydrogens is 388 g/mol. The summed E-state index contributed by atoms with van der Waals surface area (Å²) in [7, 11) is 0. The van der Waals surface area contributed by atoms with E-state index in [0.717, 1.165) is 11.5 Å². The first-order chi connectivity index (χ1) is 14.4. The third-order valence-electron chi connectivity index (χ3n) is 5.93. The lowest BCUT2D eigenvalue weighted by Crippen LogP contribution is -2.38. The zero-order valence-electron chi connectivity index (χ0n) is 16.3. The van der Waals surface area contributed by atoms with Gasteiger partial charge in [0.05, 0.1) is 17.2 Å². The Morgan fingerprint density at radius 3 is 2.73 bits per heavy atom. The Morgan fingerprint density at radius 1 is 1.27 bits per heavy atom. The molecule has 30 heavy (non-hydrogen) atoms. The van der Waals surface area contributed by atoms with Crippen molar-refractivity contribution in [2.75, 3.05) is 0 Å². The van der Waals surface area contributed by atoms with E-state index in [1.54, 1.807) is 24.4 Å². The highest BCUT2D eigenvalue weighted by molar-refractivity contribution is 5.95. The largest absolute Gasteiger partial charge is 0.490 e. The van der Waals surface area contributed by atoms with E-state index in [-0.39, 0.29) is 18.1 Å². The summed E-state index contributed by atoms with van der Waals surface area (Å²) in [5.74, 6) is -1.27. The molecule has 2 aliphatic carbocycles. The van der Waals surface area contributed by atoms with Gasteiger partial charge in [0.25, 0.3) is 0 Å². The molecule has 1 aromatic carbocycles. The van der Waals surface area contributed by atoms with Gasteiger partial charge in [-0.05, 0) is 62.0 Å². The molecule has 2 aromatic rings. The van der Waals surface area contributed by atoms with Crippen molar-refractivity contribution in [2.45, 2.75) is 43.9 Å². The number of hydrogen-bond donors (Lipinski definition) is 1. The van der Waals surface area contributed by atoms with Gasteiger partial charge in [0.1, 0.15) is 23.3 Å². The zero-order chi connectivity index (χ0) is 21.3. The highest BCUT2D eigenvalue weighted by Gasteiger charge is 2.43. The number of nitriles is 1. The van der Waals surface area contributed by atoms with Crippen molar-refractivity contribution in [2.24, 2.45) is 11.7 Å². The van der Waals surface area contributed by atoms with Crippen molar-refractivity contribution in [1.29, 1.82) is 5.26 Å². The van der Waals surface area contributed by atoms with Crippen LogP contribution < -0.4 is 10.5 Å². The van der Waals surface area contributed by atoms with Crippen LogP contribution in [0.15, 0.2) is 54.0 Å². The van der Waals surface area contributed by atoms with Crippen LogP contribution in [-0.4, -0.2) is 22.7 Å². The molecule has 2 N–H and O–H groups in total. The van der Waals surface area contributed by atoms with E-state index in [4.69, 9.17) is 10.5 Å². The van der Waals surface area contributed by atoms with Crippen LogP contribution in [0.2, 0.25) is 0 Å². The van der Waals surface area contributed by atoms with Crippen LogP contribution in [0.4, 0.5) is 8.78 Å². The number of carbonyl (C=O) groups excluding carboxylic acids is 1. The predicted molar refractivity (Wildman–Crippen MR) is 108 cm³/mol. The molecule has 1 atom stereocenters. The normalized spacial score (nSPS) is 26.4. The number of halogens is 2. The number of pyridine rings is 1.